The number of hydrogen-bond donors (Lipinski definition) is 0. The Bertz CT molecular complexity index is 1100. The molecular weight excluding hydrogens is 422 g/mol. The first-order chi connectivity index (χ1) is 16.0. The Morgan fingerprint density at radius 1 is 0.939 bits per heavy atom. The second-order valence-corrected chi connectivity index (χ2v) is 9.79. The third-order valence-electron chi connectivity index (χ3n) is 7.64. The Morgan fingerprint density at radius 3 is 2.00 bits per heavy atom. The Kier molecular flexibility index (Phi) is 5.88. The van der Waals surface area contributed by atoms with Gasteiger partial charge < -0.3 is 14.5 Å². The van der Waals surface area contributed by atoms with E-state index in [0.717, 1.165) is 44.0 Å². The van der Waals surface area contributed by atoms with Crippen molar-refractivity contribution in [2.24, 2.45) is 24.8 Å². The molecule has 3 fully saturated rings. The molecule has 3 heterocycles. The van der Waals surface area contributed by atoms with E-state index < -0.39 is 0 Å². The number of carbonyl (C=O) groups is 2. The van der Waals surface area contributed by atoms with E-state index in [1.165, 1.54) is 0 Å². The maximum atomic E-state index is 13.1. The minimum atomic E-state index is -0.0671. The van der Waals surface area contributed by atoms with Crippen LogP contribution in [0.15, 0.2) is 16.9 Å². The van der Waals surface area contributed by atoms with Gasteiger partial charge in [0, 0.05) is 57.7 Å². The summed E-state index contributed by atoms with van der Waals surface area (Å²) in [6.45, 7) is 3.24. The number of hydrogen-bond acceptors (Lipinski definition) is 5. The molecule has 3 aliphatic rings. The highest BCUT2D eigenvalue weighted by molar-refractivity contribution is 5.82. The molecule has 0 N–H and O–H groups in total. The number of pyridine rings is 1. The van der Waals surface area contributed by atoms with Crippen molar-refractivity contribution in [1.82, 2.24) is 23.9 Å². The predicted molar refractivity (Wildman–Crippen MR) is 123 cm³/mol. The van der Waals surface area contributed by atoms with Crippen LogP contribution in [0.2, 0.25) is 0 Å². The zero-order valence-electron chi connectivity index (χ0n) is 19.5. The van der Waals surface area contributed by atoms with Crippen LogP contribution in [0.1, 0.15) is 38.5 Å². The van der Waals surface area contributed by atoms with Gasteiger partial charge in [-0.15, -0.1) is 0 Å². The number of imidazole rings is 1. The van der Waals surface area contributed by atoms with Crippen LogP contribution in [0.25, 0.3) is 11.2 Å². The molecule has 0 aromatic carbocycles. The van der Waals surface area contributed by atoms with Crippen molar-refractivity contribution in [3.05, 3.63) is 22.6 Å². The Balaban J connectivity index is 1.17. The summed E-state index contributed by atoms with van der Waals surface area (Å²) in [4.78, 5) is 46.5. The van der Waals surface area contributed by atoms with Gasteiger partial charge in [0.05, 0.1) is 12.6 Å². The highest BCUT2D eigenvalue weighted by Crippen LogP contribution is 2.33. The van der Waals surface area contributed by atoms with Crippen molar-refractivity contribution in [3.63, 3.8) is 0 Å². The van der Waals surface area contributed by atoms with Gasteiger partial charge in [0.15, 0.2) is 5.65 Å². The normalized spacial score (nSPS) is 23.7. The molecule has 1 aliphatic heterocycles. The summed E-state index contributed by atoms with van der Waals surface area (Å²) >= 11 is 0. The zero-order chi connectivity index (χ0) is 23.1. The smallest absolute Gasteiger partial charge is 0.330 e. The van der Waals surface area contributed by atoms with Crippen LogP contribution in [0, 0.1) is 17.8 Å². The lowest BCUT2D eigenvalue weighted by Crippen LogP contribution is -2.52. The lowest BCUT2D eigenvalue weighted by Gasteiger charge is -2.38. The molecule has 33 heavy (non-hydrogen) atoms. The first-order valence-corrected chi connectivity index (χ1v) is 12.1. The third kappa shape index (κ3) is 4.25. The zero-order valence-corrected chi connectivity index (χ0v) is 19.5. The van der Waals surface area contributed by atoms with Crippen molar-refractivity contribution in [2.75, 3.05) is 33.3 Å². The monoisotopic (exact) mass is 455 g/mol. The van der Waals surface area contributed by atoms with E-state index in [1.54, 1.807) is 29.4 Å². The summed E-state index contributed by atoms with van der Waals surface area (Å²) < 4.78 is 8.63. The average Bonchev–Trinajstić information content (AvgIpc) is 3.68. The van der Waals surface area contributed by atoms with E-state index in [9.17, 15) is 14.4 Å². The van der Waals surface area contributed by atoms with Crippen LogP contribution in [0.3, 0.4) is 0 Å². The summed E-state index contributed by atoms with van der Waals surface area (Å²) in [5.74, 6) is 1.65. The van der Waals surface area contributed by atoms with Gasteiger partial charge in [0.2, 0.25) is 17.7 Å². The number of nitrogens with zero attached hydrogens (tertiary/aromatic N) is 5. The van der Waals surface area contributed by atoms with Crippen molar-refractivity contribution in [3.8, 4) is 5.88 Å². The Labute approximate surface area is 193 Å². The molecule has 2 saturated carbocycles. The molecule has 0 spiro atoms. The maximum Gasteiger partial charge on any atom is 0.330 e. The van der Waals surface area contributed by atoms with Crippen LogP contribution < -0.4 is 10.4 Å². The van der Waals surface area contributed by atoms with Gasteiger partial charge in [-0.25, -0.2) is 4.79 Å². The van der Waals surface area contributed by atoms with Crippen molar-refractivity contribution in [2.45, 2.75) is 45.1 Å². The molecule has 0 radical (unpaired) electrons. The van der Waals surface area contributed by atoms with Gasteiger partial charge in [0.1, 0.15) is 0 Å². The second kappa shape index (κ2) is 8.83. The summed E-state index contributed by atoms with van der Waals surface area (Å²) in [7, 11) is 3.34. The highest BCUT2D eigenvalue weighted by atomic mass is 16.5. The topological polar surface area (TPSA) is 89.7 Å². The molecule has 9 heteroatoms. The van der Waals surface area contributed by atoms with Crippen molar-refractivity contribution < 1.29 is 14.3 Å². The summed E-state index contributed by atoms with van der Waals surface area (Å²) in [5.41, 5.74) is 1.38. The van der Waals surface area contributed by atoms with E-state index in [4.69, 9.17) is 4.74 Å². The second-order valence-electron chi connectivity index (χ2n) is 9.79. The van der Waals surface area contributed by atoms with Crippen LogP contribution >= 0.6 is 0 Å². The number of aromatic nitrogens is 3. The molecule has 2 aromatic rings. The standard InChI is InChI=1S/C24H33N5O4/c1-26-19-9-10-20(33-2)25-21(19)29(24(26)32)15-16-3-5-17(6-4-16)22(30)27-11-13-28(14-12-27)23(31)18-7-8-18/h9-10,16-18H,3-8,11-15H2,1-2H3. The van der Waals surface area contributed by atoms with Crippen molar-refractivity contribution >= 4 is 23.0 Å². The van der Waals surface area contributed by atoms with E-state index >= 15 is 0 Å². The average molecular weight is 456 g/mol. The molecule has 0 unspecified atom stereocenters. The number of amides is 2. The summed E-state index contributed by atoms with van der Waals surface area (Å²) in [5, 5.41) is 0. The Morgan fingerprint density at radius 2 is 1.48 bits per heavy atom. The third-order valence-corrected chi connectivity index (χ3v) is 7.64. The first-order valence-electron chi connectivity index (χ1n) is 12.1. The molecule has 178 valence electrons. The number of fused-ring (bicyclic) bond motifs is 1. The van der Waals surface area contributed by atoms with E-state index in [0.29, 0.717) is 50.2 Å². The molecule has 1 saturated heterocycles. The van der Waals surface area contributed by atoms with Crippen molar-refractivity contribution in [1.29, 1.82) is 0 Å². The van der Waals surface area contributed by atoms with Gasteiger partial charge in [0.25, 0.3) is 0 Å². The van der Waals surface area contributed by atoms with Gasteiger partial charge in [-0.3, -0.25) is 18.7 Å². The van der Waals surface area contributed by atoms with Crippen LogP contribution in [-0.2, 0) is 23.2 Å². The van der Waals surface area contributed by atoms with Gasteiger partial charge in [-0.1, -0.05) is 0 Å². The molecule has 2 aromatic heterocycles. The minimum absolute atomic E-state index is 0.0504. The summed E-state index contributed by atoms with van der Waals surface area (Å²) in [6.07, 6.45) is 5.58. The molecule has 2 amide bonds. The number of rotatable bonds is 5. The van der Waals surface area contributed by atoms with Gasteiger partial charge >= 0.3 is 5.69 Å². The highest BCUT2D eigenvalue weighted by Gasteiger charge is 2.36. The molecule has 0 atom stereocenters. The number of aryl methyl sites for hydroxylation is 1. The van der Waals surface area contributed by atoms with E-state index in [2.05, 4.69) is 4.98 Å². The number of carbonyl (C=O) groups excluding carboxylic acids is 2. The molecule has 9 nitrogen and oxygen atoms in total. The molecular formula is C24H33N5O4. The number of methoxy groups -OCH3 is 1. The number of ether oxygens (including phenoxy) is 1. The molecule has 2 aliphatic carbocycles. The fourth-order valence-electron chi connectivity index (χ4n) is 5.38. The van der Waals surface area contributed by atoms with Crippen LogP contribution in [0.5, 0.6) is 5.88 Å². The lowest BCUT2D eigenvalue weighted by atomic mass is 9.81. The van der Waals surface area contributed by atoms with Crippen LogP contribution in [-0.4, -0.2) is 69.0 Å². The Hall–Kier alpha value is -2.84. The number of piperazine rings is 1. The van der Waals surface area contributed by atoms with Crippen LogP contribution in [0.4, 0.5) is 0 Å². The lowest BCUT2D eigenvalue weighted by molar-refractivity contribution is -0.143. The van der Waals surface area contributed by atoms with E-state index in [-0.39, 0.29) is 29.3 Å². The molecule has 0 bridgehead atoms. The minimum Gasteiger partial charge on any atom is -0.481 e. The first kappa shape index (κ1) is 22.0. The van der Waals surface area contributed by atoms with Gasteiger partial charge in [-0.05, 0) is 50.5 Å². The predicted octanol–water partition coefficient (Wildman–Crippen LogP) is 1.63. The van der Waals surface area contributed by atoms with E-state index in [1.807, 2.05) is 15.9 Å². The quantitative estimate of drug-likeness (QED) is 0.684. The SMILES string of the molecule is COc1ccc2c(n1)n(CC1CCC(C(=O)N3CCN(C(=O)C4CC4)CC3)CC1)c(=O)n2C. The largest absolute Gasteiger partial charge is 0.481 e. The fraction of sp³-hybridized carbons (Fsp3) is 0.667. The fourth-order valence-corrected chi connectivity index (χ4v) is 5.38. The maximum absolute atomic E-state index is 13.1. The summed E-state index contributed by atoms with van der Waals surface area (Å²) in [6, 6.07) is 3.64. The van der Waals surface area contributed by atoms with Gasteiger partial charge in [-0.2, -0.15) is 4.98 Å². The molecule has 5 rings (SSSR count).